The minimum Gasteiger partial charge on any atom is -0.497 e. The molecule has 216 valence electrons. The van der Waals surface area contributed by atoms with Gasteiger partial charge in [-0.3, -0.25) is 4.90 Å². The Kier molecular flexibility index (Phi) is 10.0. The predicted octanol–water partition coefficient (Wildman–Crippen LogP) is 5.95. The van der Waals surface area contributed by atoms with Gasteiger partial charge in [-0.05, 0) is 75.9 Å². The van der Waals surface area contributed by atoms with E-state index in [2.05, 4.69) is 36.1 Å². The van der Waals surface area contributed by atoms with Crippen LogP contribution in [0.5, 0.6) is 17.4 Å². The number of hydrogen-bond donors (Lipinski definition) is 1. The highest BCUT2D eigenvalue weighted by molar-refractivity contribution is 9.10. The van der Waals surface area contributed by atoms with E-state index < -0.39 is 23.7 Å². The number of aromatic nitrogens is 2. The van der Waals surface area contributed by atoms with Crippen molar-refractivity contribution in [2.75, 3.05) is 33.4 Å². The molecule has 9 nitrogen and oxygen atoms in total. The van der Waals surface area contributed by atoms with Crippen molar-refractivity contribution < 1.29 is 28.1 Å². The minimum atomic E-state index is -0.535. The molecule has 0 spiro atoms. The molecule has 11 heteroatoms. The van der Waals surface area contributed by atoms with E-state index >= 15 is 0 Å². The van der Waals surface area contributed by atoms with Gasteiger partial charge >= 0.3 is 6.09 Å². The zero-order valence-electron chi connectivity index (χ0n) is 23.3. The summed E-state index contributed by atoms with van der Waals surface area (Å²) in [5.41, 5.74) is 0.213. The smallest absolute Gasteiger partial charge is 0.407 e. The lowest BCUT2D eigenvalue weighted by Crippen LogP contribution is -2.47. The SMILES string of the molecule is COc1ccc2ncnc(OCCC(Oc3ccc(Br)cc3F)N3CCC(CNC(=O)OC(C)(C)C)CC3)c2c1. The van der Waals surface area contributed by atoms with Gasteiger partial charge in [0.1, 0.15) is 17.7 Å². The standard InChI is InChI=1S/C29H36BrFN4O5/c1-29(2,3)40-28(36)32-17-19-9-12-35(13-10-19)26(39-25-8-5-20(30)15-23(25)31)11-14-38-27-22-16-21(37-4)6-7-24(22)33-18-34-27/h5-8,15-16,18-19,26H,9-14,17H2,1-4H3,(H,32,36). The Balaban J connectivity index is 1.39. The summed E-state index contributed by atoms with van der Waals surface area (Å²) in [6, 6.07) is 10.3. The molecule has 0 radical (unpaired) electrons. The van der Waals surface area contributed by atoms with E-state index in [4.69, 9.17) is 18.9 Å². The van der Waals surface area contributed by atoms with Gasteiger partial charge in [0.2, 0.25) is 5.88 Å². The lowest BCUT2D eigenvalue weighted by molar-refractivity contribution is -0.0131. The number of rotatable bonds is 10. The van der Waals surface area contributed by atoms with Crippen LogP contribution in [0.3, 0.4) is 0 Å². The number of piperidine rings is 1. The topological polar surface area (TPSA) is 95.0 Å². The van der Waals surface area contributed by atoms with Gasteiger partial charge in [-0.15, -0.1) is 0 Å². The van der Waals surface area contributed by atoms with E-state index in [1.165, 1.54) is 12.4 Å². The number of carbonyl (C=O) groups is 1. The lowest BCUT2D eigenvalue weighted by atomic mass is 9.96. The fourth-order valence-corrected chi connectivity index (χ4v) is 4.86. The van der Waals surface area contributed by atoms with Crippen LogP contribution in [0.1, 0.15) is 40.0 Å². The summed E-state index contributed by atoms with van der Waals surface area (Å²) >= 11 is 3.30. The van der Waals surface area contributed by atoms with Gasteiger partial charge in [0.05, 0.1) is 24.6 Å². The van der Waals surface area contributed by atoms with Crippen LogP contribution < -0.4 is 19.5 Å². The first kappa shape index (κ1) is 29.8. The second kappa shape index (κ2) is 13.5. The number of nitrogens with one attached hydrogen (secondary N) is 1. The third kappa shape index (κ3) is 8.41. The highest BCUT2D eigenvalue weighted by Gasteiger charge is 2.28. The number of halogens is 2. The van der Waals surface area contributed by atoms with E-state index in [1.807, 2.05) is 39.0 Å². The summed E-state index contributed by atoms with van der Waals surface area (Å²) in [7, 11) is 1.60. The average Bonchev–Trinajstić information content (AvgIpc) is 2.92. The third-order valence-corrected chi connectivity index (χ3v) is 7.05. The number of nitrogens with zero attached hydrogens (tertiary/aromatic N) is 3. The van der Waals surface area contributed by atoms with Crippen LogP contribution in [0.15, 0.2) is 47.2 Å². The Bertz CT molecular complexity index is 1300. The molecule has 1 aliphatic rings. The van der Waals surface area contributed by atoms with E-state index in [-0.39, 0.29) is 5.75 Å². The summed E-state index contributed by atoms with van der Waals surface area (Å²) in [5.74, 6) is 1.18. The lowest BCUT2D eigenvalue weighted by Gasteiger charge is -2.37. The molecule has 1 aromatic heterocycles. The van der Waals surface area contributed by atoms with Crippen molar-refractivity contribution in [3.05, 3.63) is 53.0 Å². The molecule has 1 unspecified atom stereocenters. The van der Waals surface area contributed by atoms with Crippen LogP contribution in [-0.2, 0) is 4.74 Å². The van der Waals surface area contributed by atoms with Gasteiger partial charge in [-0.1, -0.05) is 15.9 Å². The fourth-order valence-electron chi connectivity index (χ4n) is 4.53. The highest BCUT2D eigenvalue weighted by Crippen LogP contribution is 2.28. The van der Waals surface area contributed by atoms with Crippen molar-refractivity contribution >= 4 is 32.9 Å². The molecule has 2 heterocycles. The maximum atomic E-state index is 14.7. The minimum absolute atomic E-state index is 0.180. The van der Waals surface area contributed by atoms with Crippen LogP contribution in [0.25, 0.3) is 10.9 Å². The van der Waals surface area contributed by atoms with Crippen molar-refractivity contribution in [2.45, 2.75) is 51.9 Å². The molecule has 1 fully saturated rings. The maximum Gasteiger partial charge on any atom is 0.407 e. The molecule has 1 atom stereocenters. The summed E-state index contributed by atoms with van der Waals surface area (Å²) < 4.78 is 38.3. The van der Waals surface area contributed by atoms with E-state index in [0.717, 1.165) is 36.8 Å². The molecular formula is C29H36BrFN4O5. The summed E-state index contributed by atoms with van der Waals surface area (Å²) in [4.78, 5) is 22.9. The quantitative estimate of drug-likeness (QED) is 0.298. The van der Waals surface area contributed by atoms with Crippen molar-refractivity contribution in [3.63, 3.8) is 0 Å². The number of carbonyl (C=O) groups excluding carboxylic acids is 1. The fraction of sp³-hybridized carbons (Fsp3) is 0.483. The molecule has 1 amide bonds. The van der Waals surface area contributed by atoms with Crippen molar-refractivity contribution in [2.24, 2.45) is 5.92 Å². The molecular weight excluding hydrogens is 583 g/mol. The van der Waals surface area contributed by atoms with Crippen molar-refractivity contribution in [3.8, 4) is 17.4 Å². The summed E-state index contributed by atoms with van der Waals surface area (Å²) in [6.45, 7) is 7.83. The Hall–Kier alpha value is -3.18. The second-order valence-corrected chi connectivity index (χ2v) is 11.6. The number of benzene rings is 2. The number of hydrogen-bond acceptors (Lipinski definition) is 8. The van der Waals surface area contributed by atoms with Gasteiger partial charge in [-0.25, -0.2) is 19.2 Å². The first-order valence-corrected chi connectivity index (χ1v) is 14.1. The zero-order valence-corrected chi connectivity index (χ0v) is 24.9. The first-order chi connectivity index (χ1) is 19.1. The molecule has 1 N–H and O–H groups in total. The van der Waals surface area contributed by atoms with Gasteiger partial charge in [-0.2, -0.15) is 0 Å². The number of ether oxygens (including phenoxy) is 4. The van der Waals surface area contributed by atoms with Crippen molar-refractivity contribution in [1.29, 1.82) is 0 Å². The van der Waals surface area contributed by atoms with Gasteiger partial charge in [0, 0.05) is 30.5 Å². The van der Waals surface area contributed by atoms with Gasteiger partial charge in [0.25, 0.3) is 0 Å². The van der Waals surface area contributed by atoms with E-state index in [0.29, 0.717) is 41.6 Å². The monoisotopic (exact) mass is 618 g/mol. The number of likely N-dealkylation sites (tertiary alicyclic amines) is 1. The molecule has 40 heavy (non-hydrogen) atoms. The normalized spacial score (nSPS) is 15.4. The number of amides is 1. The van der Waals surface area contributed by atoms with Crippen molar-refractivity contribution in [1.82, 2.24) is 20.2 Å². The van der Waals surface area contributed by atoms with Gasteiger partial charge in [0.15, 0.2) is 17.8 Å². The molecule has 1 saturated heterocycles. The highest BCUT2D eigenvalue weighted by atomic mass is 79.9. The van der Waals surface area contributed by atoms with E-state index in [9.17, 15) is 9.18 Å². The summed E-state index contributed by atoms with van der Waals surface area (Å²) in [6.07, 6.45) is 2.83. The average molecular weight is 620 g/mol. The Morgan fingerprint density at radius 3 is 2.65 bits per heavy atom. The molecule has 1 aliphatic heterocycles. The molecule has 0 aliphatic carbocycles. The zero-order chi connectivity index (χ0) is 28.7. The molecule has 4 rings (SSSR count). The van der Waals surface area contributed by atoms with E-state index in [1.54, 1.807) is 19.2 Å². The van der Waals surface area contributed by atoms with Crippen LogP contribution >= 0.6 is 15.9 Å². The summed E-state index contributed by atoms with van der Waals surface area (Å²) in [5, 5.41) is 3.62. The number of methoxy groups -OCH3 is 1. The molecule has 0 saturated carbocycles. The predicted molar refractivity (Wildman–Crippen MR) is 153 cm³/mol. The Morgan fingerprint density at radius 1 is 1.18 bits per heavy atom. The van der Waals surface area contributed by atoms with Crippen LogP contribution in [0.4, 0.5) is 9.18 Å². The molecule has 3 aromatic rings. The maximum absolute atomic E-state index is 14.7. The number of fused-ring (bicyclic) bond motifs is 1. The molecule has 0 bridgehead atoms. The second-order valence-electron chi connectivity index (χ2n) is 10.7. The Morgan fingerprint density at radius 2 is 1.95 bits per heavy atom. The largest absolute Gasteiger partial charge is 0.497 e. The first-order valence-electron chi connectivity index (χ1n) is 13.4. The van der Waals surface area contributed by atoms with Gasteiger partial charge < -0.3 is 24.3 Å². The van der Waals surface area contributed by atoms with Crippen LogP contribution in [-0.4, -0.2) is 66.1 Å². The molecule has 2 aromatic carbocycles. The Labute approximate surface area is 242 Å². The third-order valence-electron chi connectivity index (χ3n) is 6.56. The number of alkyl carbamates (subject to hydrolysis) is 1. The van der Waals surface area contributed by atoms with Crippen LogP contribution in [0.2, 0.25) is 0 Å². The van der Waals surface area contributed by atoms with Crippen LogP contribution in [0, 0.1) is 11.7 Å².